The number of hydrogen-bond acceptors (Lipinski definition) is 4. The molecule has 0 aliphatic heterocycles. The zero-order chi connectivity index (χ0) is 28.0. The monoisotopic (exact) mass is 538 g/mol. The Hall–Kier alpha value is -3.39. The molecule has 8 nitrogen and oxygen atoms in total. The highest BCUT2D eigenvalue weighted by Gasteiger charge is 2.37. The van der Waals surface area contributed by atoms with Gasteiger partial charge in [-0.25, -0.2) is 19.1 Å². The first kappa shape index (κ1) is 27.6. The standard InChI is InChI=1S/C29H35ClN4O4/c1-17(24(35)36)18(2)34-26(37)32-25(33(27(34)38)16-19-7-9-20(30)10-8-19)31-21-11-12-22-23(15-21)29(5,6)14-13-28(22,3)4/h7-12,15,17-18H,13-14,16H2,1-6H3,(H,35,36)(H,31,32,37)/t17-,18+/m1/s1. The minimum atomic E-state index is -1.10. The van der Waals surface area contributed by atoms with Crippen LogP contribution < -0.4 is 17.0 Å². The molecular formula is C29H35ClN4O4. The van der Waals surface area contributed by atoms with Crippen LogP contribution in [0.25, 0.3) is 0 Å². The fourth-order valence-electron chi connectivity index (χ4n) is 5.09. The number of carboxylic acid groups (broad SMARTS) is 1. The van der Waals surface area contributed by atoms with E-state index < -0.39 is 29.3 Å². The fourth-order valence-corrected chi connectivity index (χ4v) is 5.22. The van der Waals surface area contributed by atoms with Crippen LogP contribution in [-0.2, 0) is 22.2 Å². The Morgan fingerprint density at radius 2 is 1.63 bits per heavy atom. The molecule has 1 aromatic heterocycles. The van der Waals surface area contributed by atoms with Gasteiger partial charge in [-0.15, -0.1) is 0 Å². The fraction of sp³-hybridized carbons (Fsp3) is 0.448. The van der Waals surface area contributed by atoms with Crippen molar-refractivity contribution in [2.45, 2.75) is 77.8 Å². The van der Waals surface area contributed by atoms with Crippen molar-refractivity contribution in [3.63, 3.8) is 0 Å². The second-order valence-electron chi connectivity index (χ2n) is 11.6. The van der Waals surface area contributed by atoms with Gasteiger partial charge >= 0.3 is 17.3 Å². The van der Waals surface area contributed by atoms with Crippen molar-refractivity contribution in [2.24, 2.45) is 10.9 Å². The number of aromatic amines is 1. The number of nitrogens with one attached hydrogen (secondary N) is 1. The van der Waals surface area contributed by atoms with E-state index in [1.54, 1.807) is 31.2 Å². The van der Waals surface area contributed by atoms with Crippen LogP contribution in [-0.4, -0.2) is 25.2 Å². The third kappa shape index (κ3) is 5.27. The van der Waals surface area contributed by atoms with Gasteiger partial charge in [0, 0.05) is 5.02 Å². The Labute approximate surface area is 226 Å². The number of rotatable bonds is 6. The van der Waals surface area contributed by atoms with Gasteiger partial charge in [0.25, 0.3) is 0 Å². The summed E-state index contributed by atoms with van der Waals surface area (Å²) >= 11 is 6.04. The predicted molar refractivity (Wildman–Crippen MR) is 148 cm³/mol. The molecular weight excluding hydrogens is 504 g/mol. The number of carboxylic acids is 1. The third-order valence-electron chi connectivity index (χ3n) is 7.98. The molecule has 9 heteroatoms. The zero-order valence-corrected chi connectivity index (χ0v) is 23.5. The Bertz CT molecular complexity index is 1560. The molecule has 0 bridgehead atoms. The molecule has 1 aliphatic carbocycles. The summed E-state index contributed by atoms with van der Waals surface area (Å²) in [6.07, 6.45) is 2.13. The van der Waals surface area contributed by atoms with Gasteiger partial charge in [-0.3, -0.25) is 14.3 Å². The summed E-state index contributed by atoms with van der Waals surface area (Å²) in [6.45, 7) is 12.1. The van der Waals surface area contributed by atoms with Gasteiger partial charge in [0.05, 0.1) is 24.2 Å². The third-order valence-corrected chi connectivity index (χ3v) is 8.23. The molecule has 1 aliphatic rings. The second-order valence-corrected chi connectivity index (χ2v) is 12.0. The highest BCUT2D eigenvalue weighted by Crippen LogP contribution is 2.46. The van der Waals surface area contributed by atoms with E-state index in [1.165, 1.54) is 22.6 Å². The number of nitrogens with zero attached hydrogens (tertiary/aromatic N) is 3. The molecule has 202 valence electrons. The van der Waals surface area contributed by atoms with Crippen LogP contribution in [0.2, 0.25) is 5.02 Å². The largest absolute Gasteiger partial charge is 0.481 e. The Morgan fingerprint density at radius 1 is 1.03 bits per heavy atom. The summed E-state index contributed by atoms with van der Waals surface area (Å²) in [4.78, 5) is 45.9. The van der Waals surface area contributed by atoms with E-state index in [0.717, 1.165) is 23.0 Å². The average Bonchev–Trinajstić information content (AvgIpc) is 2.85. The molecule has 0 spiro atoms. The lowest BCUT2D eigenvalue weighted by molar-refractivity contribution is -0.142. The summed E-state index contributed by atoms with van der Waals surface area (Å²) in [5.41, 5.74) is 2.65. The maximum atomic E-state index is 13.7. The van der Waals surface area contributed by atoms with E-state index >= 15 is 0 Å². The zero-order valence-electron chi connectivity index (χ0n) is 22.7. The molecule has 2 aromatic carbocycles. The van der Waals surface area contributed by atoms with Crippen molar-refractivity contribution in [3.05, 3.63) is 90.8 Å². The van der Waals surface area contributed by atoms with Gasteiger partial charge in [-0.05, 0) is 78.5 Å². The Kier molecular flexibility index (Phi) is 7.32. The number of aromatic nitrogens is 3. The minimum absolute atomic E-state index is 0.0329. The molecule has 1 heterocycles. The maximum Gasteiger partial charge on any atom is 0.335 e. The van der Waals surface area contributed by atoms with E-state index in [0.29, 0.717) is 10.7 Å². The number of carbonyl (C=O) groups is 1. The molecule has 2 atom stereocenters. The van der Waals surface area contributed by atoms with Crippen LogP contribution in [0.5, 0.6) is 0 Å². The van der Waals surface area contributed by atoms with Crippen LogP contribution >= 0.6 is 11.6 Å². The Balaban J connectivity index is 1.94. The van der Waals surface area contributed by atoms with Crippen LogP contribution in [0.15, 0.2) is 57.0 Å². The van der Waals surface area contributed by atoms with Gasteiger partial charge < -0.3 is 5.11 Å². The molecule has 0 amide bonds. The van der Waals surface area contributed by atoms with Gasteiger partial charge in [0.1, 0.15) is 0 Å². The lowest BCUT2D eigenvalue weighted by Gasteiger charge is -2.41. The lowest BCUT2D eigenvalue weighted by Crippen LogP contribution is -2.52. The highest BCUT2D eigenvalue weighted by molar-refractivity contribution is 6.30. The SMILES string of the molecule is C[C@@H](C(=O)O)[C@H](C)n1c(=O)[nH]/c(=N\c2ccc3c(c2)C(C)(C)CCC3(C)C)n(Cc2ccc(Cl)cc2)c1=O. The molecule has 2 N–H and O–H groups in total. The summed E-state index contributed by atoms with van der Waals surface area (Å²) < 4.78 is 2.32. The van der Waals surface area contributed by atoms with Crippen LogP contribution in [0.4, 0.5) is 5.69 Å². The average molecular weight is 539 g/mol. The maximum absolute atomic E-state index is 13.7. The quantitative estimate of drug-likeness (QED) is 0.465. The number of aliphatic carboxylic acids is 1. The van der Waals surface area contributed by atoms with E-state index in [9.17, 15) is 19.5 Å². The molecule has 0 saturated carbocycles. The Morgan fingerprint density at radius 3 is 2.24 bits per heavy atom. The summed E-state index contributed by atoms with van der Waals surface area (Å²) in [6, 6.07) is 12.2. The van der Waals surface area contributed by atoms with E-state index in [4.69, 9.17) is 16.6 Å². The van der Waals surface area contributed by atoms with Crippen LogP contribution in [0.1, 0.15) is 77.1 Å². The van der Waals surface area contributed by atoms with Crippen molar-refractivity contribution in [1.29, 1.82) is 0 Å². The molecule has 0 radical (unpaired) electrons. The number of hydrogen-bond donors (Lipinski definition) is 2. The molecule has 3 aromatic rings. The number of benzene rings is 2. The van der Waals surface area contributed by atoms with Gasteiger partial charge in [-0.2, -0.15) is 0 Å². The number of H-pyrrole nitrogens is 1. The van der Waals surface area contributed by atoms with Crippen molar-refractivity contribution < 1.29 is 9.90 Å². The first-order valence-corrected chi connectivity index (χ1v) is 13.2. The molecule has 0 saturated heterocycles. The van der Waals surface area contributed by atoms with Crippen molar-refractivity contribution in [3.8, 4) is 0 Å². The van der Waals surface area contributed by atoms with Gasteiger partial charge in [0.15, 0.2) is 0 Å². The topological polar surface area (TPSA) is 109 Å². The van der Waals surface area contributed by atoms with E-state index in [-0.39, 0.29) is 23.0 Å². The summed E-state index contributed by atoms with van der Waals surface area (Å²) in [7, 11) is 0. The molecule has 0 unspecified atom stereocenters. The van der Waals surface area contributed by atoms with Crippen molar-refractivity contribution in [2.75, 3.05) is 0 Å². The molecule has 0 fully saturated rings. The van der Waals surface area contributed by atoms with Crippen molar-refractivity contribution >= 4 is 23.3 Å². The molecule has 4 rings (SSSR count). The first-order chi connectivity index (χ1) is 17.7. The highest BCUT2D eigenvalue weighted by atomic mass is 35.5. The second kappa shape index (κ2) is 10.1. The van der Waals surface area contributed by atoms with Crippen molar-refractivity contribution in [1.82, 2.24) is 14.1 Å². The minimum Gasteiger partial charge on any atom is -0.481 e. The van der Waals surface area contributed by atoms with E-state index in [1.807, 2.05) is 12.1 Å². The predicted octanol–water partition coefficient (Wildman–Crippen LogP) is 4.90. The number of fused-ring (bicyclic) bond motifs is 1. The smallest absolute Gasteiger partial charge is 0.335 e. The number of halogens is 1. The summed E-state index contributed by atoms with van der Waals surface area (Å²) in [5.74, 6) is -2.05. The lowest BCUT2D eigenvalue weighted by atomic mass is 9.63. The normalized spacial score (nSPS) is 18.0. The molecule has 38 heavy (non-hydrogen) atoms. The van der Waals surface area contributed by atoms with Gasteiger partial charge in [0.2, 0.25) is 5.62 Å². The van der Waals surface area contributed by atoms with Crippen LogP contribution in [0.3, 0.4) is 0 Å². The van der Waals surface area contributed by atoms with Gasteiger partial charge in [-0.1, -0.05) is 57.5 Å². The van der Waals surface area contributed by atoms with Crippen LogP contribution in [0, 0.1) is 5.92 Å². The first-order valence-electron chi connectivity index (χ1n) is 12.8. The van der Waals surface area contributed by atoms with E-state index in [2.05, 4.69) is 38.7 Å². The summed E-state index contributed by atoms with van der Waals surface area (Å²) in [5, 5.41) is 10.0.